The number of carboxylic acids is 1. The van der Waals surface area contributed by atoms with Gasteiger partial charge in [-0.2, -0.15) is 10.6 Å². The van der Waals surface area contributed by atoms with Crippen LogP contribution in [-0.2, 0) is 16.3 Å². The number of aromatic nitrogens is 2. The average Bonchev–Trinajstić information content (AvgIpc) is 3.02. The molecule has 3 N–H and O–H groups in total. The molecule has 1 fully saturated rings. The number of aliphatic carboxylic acids is 1. The molecule has 0 radical (unpaired) electrons. The first-order valence-corrected chi connectivity index (χ1v) is 11.8. The Kier molecular flexibility index (Phi) is 5.91. The summed E-state index contributed by atoms with van der Waals surface area (Å²) in [5.41, 5.74) is 0.842. The number of anilines is 1. The number of allylic oxidation sites excluding steroid dienone is 1. The van der Waals surface area contributed by atoms with Gasteiger partial charge in [-0.05, 0) is 30.9 Å². The summed E-state index contributed by atoms with van der Waals surface area (Å²) in [5.74, 6) is -2.12. The normalized spacial score (nSPS) is 19.6. The first-order valence-electron chi connectivity index (χ1n) is 9.57. The molecular formula is C20H20ClF2N3O4S. The number of nitrogens with zero attached hydrogens (tertiary/aromatic N) is 3. The third-order valence-corrected chi connectivity index (χ3v) is 7.19. The number of rotatable bonds is 4. The number of piperidine rings is 1. The molecule has 0 amide bonds. The second kappa shape index (κ2) is 8.34. The van der Waals surface area contributed by atoms with Crippen molar-refractivity contribution in [2.24, 2.45) is 5.92 Å². The van der Waals surface area contributed by atoms with Crippen molar-refractivity contribution in [3.8, 4) is 11.4 Å². The van der Waals surface area contributed by atoms with Crippen LogP contribution in [0.25, 0.3) is 11.4 Å². The van der Waals surface area contributed by atoms with Gasteiger partial charge < -0.3 is 10.0 Å². The highest BCUT2D eigenvalue weighted by molar-refractivity contribution is 8.23. The fourth-order valence-electron chi connectivity index (χ4n) is 3.88. The molecule has 0 aliphatic carbocycles. The summed E-state index contributed by atoms with van der Waals surface area (Å²) in [5, 5.41) is 8.45. The van der Waals surface area contributed by atoms with Gasteiger partial charge in [-0.3, -0.25) is 9.11 Å². The van der Waals surface area contributed by atoms with Crippen LogP contribution in [-0.4, -0.2) is 43.2 Å². The molecule has 0 saturated carbocycles. The minimum atomic E-state index is -2.91. The lowest BCUT2D eigenvalue weighted by Gasteiger charge is -2.33. The highest BCUT2D eigenvalue weighted by Crippen LogP contribution is 2.54. The van der Waals surface area contributed by atoms with Gasteiger partial charge in [0, 0.05) is 24.7 Å². The highest BCUT2D eigenvalue weighted by Gasteiger charge is 2.33. The lowest BCUT2D eigenvalue weighted by molar-refractivity contribution is -0.131. The molecule has 0 atom stereocenters. The number of fused-ring (bicyclic) bond motifs is 1. The van der Waals surface area contributed by atoms with Crippen molar-refractivity contribution >= 4 is 34.0 Å². The third kappa shape index (κ3) is 4.67. The summed E-state index contributed by atoms with van der Waals surface area (Å²) < 4.78 is 49.0. The molecule has 2 aliphatic rings. The smallest absolute Gasteiger partial charge is 0.327 e. The molecule has 2 aromatic rings. The molecule has 3 heterocycles. The molecular weight excluding hydrogens is 452 g/mol. The van der Waals surface area contributed by atoms with Gasteiger partial charge in [0.25, 0.3) is 0 Å². The minimum Gasteiger partial charge on any atom is -0.478 e. The molecule has 1 aromatic heterocycles. The monoisotopic (exact) mass is 471 g/mol. The van der Waals surface area contributed by atoms with Crippen molar-refractivity contribution < 1.29 is 27.8 Å². The van der Waals surface area contributed by atoms with Gasteiger partial charge >= 0.3 is 5.97 Å². The van der Waals surface area contributed by atoms with Crippen molar-refractivity contribution in [3.05, 3.63) is 52.2 Å². The average molecular weight is 472 g/mol. The molecule has 2 aliphatic heterocycles. The SMILES string of the molecule is O=C(O)C=CC1CCN(c2nc(-c3cc(F)c(Cl)cc3F)nc3c2CS(O)(O)C3)CC1. The van der Waals surface area contributed by atoms with Gasteiger partial charge in [0.05, 0.1) is 27.8 Å². The zero-order valence-electron chi connectivity index (χ0n) is 16.3. The molecule has 31 heavy (non-hydrogen) atoms. The Morgan fingerprint density at radius 1 is 1.16 bits per heavy atom. The molecule has 1 aromatic carbocycles. The van der Waals surface area contributed by atoms with Crippen LogP contribution < -0.4 is 4.90 Å². The molecule has 0 spiro atoms. The van der Waals surface area contributed by atoms with Crippen molar-refractivity contribution in [2.45, 2.75) is 24.3 Å². The van der Waals surface area contributed by atoms with E-state index >= 15 is 0 Å². The third-order valence-electron chi connectivity index (χ3n) is 5.42. The Hall–Kier alpha value is -2.27. The van der Waals surface area contributed by atoms with Gasteiger partial charge in [0.15, 0.2) is 5.82 Å². The van der Waals surface area contributed by atoms with Crippen LogP contribution in [0, 0.1) is 17.6 Å². The largest absolute Gasteiger partial charge is 0.478 e. The van der Waals surface area contributed by atoms with Crippen LogP contribution in [0.2, 0.25) is 5.02 Å². The van der Waals surface area contributed by atoms with Crippen molar-refractivity contribution in [2.75, 3.05) is 18.0 Å². The second-order valence-electron chi connectivity index (χ2n) is 7.65. The predicted molar refractivity (Wildman–Crippen MR) is 114 cm³/mol. The summed E-state index contributed by atoms with van der Waals surface area (Å²) >= 11 is 5.65. The van der Waals surface area contributed by atoms with Crippen LogP contribution in [0.3, 0.4) is 0 Å². The maximum absolute atomic E-state index is 14.5. The molecule has 166 valence electrons. The van der Waals surface area contributed by atoms with Crippen LogP contribution in [0.4, 0.5) is 14.6 Å². The fraction of sp³-hybridized carbons (Fsp3) is 0.350. The Morgan fingerprint density at radius 3 is 2.55 bits per heavy atom. The summed E-state index contributed by atoms with van der Waals surface area (Å²) in [7, 11) is -2.91. The topological polar surface area (TPSA) is 107 Å². The molecule has 0 unspecified atom stereocenters. The molecule has 1 saturated heterocycles. The summed E-state index contributed by atoms with van der Waals surface area (Å²) in [6.45, 7) is 1.10. The van der Waals surface area contributed by atoms with Crippen molar-refractivity contribution in [1.29, 1.82) is 0 Å². The van der Waals surface area contributed by atoms with Crippen molar-refractivity contribution in [1.82, 2.24) is 9.97 Å². The zero-order chi connectivity index (χ0) is 22.3. The standard InChI is InChI=1S/C20H20ClF2N3O4S/c21-14-8-15(22)12(7-16(14)23)19-24-17-10-31(29,30)9-13(17)20(25-19)26-5-3-11(4-6-26)1-2-18(27)28/h1-2,7-8,11,29-30H,3-6,9-10H2,(H,27,28). The fourth-order valence-corrected chi connectivity index (χ4v) is 5.57. The molecule has 4 rings (SSSR count). The zero-order valence-corrected chi connectivity index (χ0v) is 17.8. The second-order valence-corrected chi connectivity index (χ2v) is 10.2. The van der Waals surface area contributed by atoms with E-state index in [9.17, 15) is 22.7 Å². The van der Waals surface area contributed by atoms with Crippen LogP contribution >= 0.6 is 22.2 Å². The van der Waals surface area contributed by atoms with Crippen molar-refractivity contribution in [3.63, 3.8) is 0 Å². The first-order chi connectivity index (χ1) is 14.6. The Labute approximate surface area is 183 Å². The van der Waals surface area contributed by atoms with E-state index in [1.165, 1.54) is 0 Å². The quantitative estimate of drug-likeness (QED) is 0.438. The number of carboxylic acid groups (broad SMARTS) is 1. The Bertz CT molecular complexity index is 1070. The number of benzene rings is 1. The lowest BCUT2D eigenvalue weighted by atomic mass is 9.96. The van der Waals surface area contributed by atoms with E-state index in [1.807, 2.05) is 4.90 Å². The van der Waals surface area contributed by atoms with Gasteiger partial charge in [-0.1, -0.05) is 17.7 Å². The van der Waals surface area contributed by atoms with Gasteiger partial charge in [-0.15, -0.1) is 0 Å². The molecule has 0 bridgehead atoms. The van der Waals surface area contributed by atoms with E-state index in [2.05, 4.69) is 9.97 Å². The van der Waals surface area contributed by atoms with Gasteiger partial charge in [0.2, 0.25) is 0 Å². The highest BCUT2D eigenvalue weighted by atomic mass is 35.5. The van der Waals surface area contributed by atoms with Crippen LogP contribution in [0.1, 0.15) is 24.1 Å². The maximum Gasteiger partial charge on any atom is 0.327 e. The van der Waals surface area contributed by atoms with E-state index in [0.29, 0.717) is 43.0 Å². The van der Waals surface area contributed by atoms with E-state index in [0.717, 1.165) is 18.2 Å². The summed E-state index contributed by atoms with van der Waals surface area (Å²) in [6.07, 6.45) is 4.15. The van der Waals surface area contributed by atoms with Gasteiger partial charge in [-0.25, -0.2) is 23.5 Å². The number of halogens is 3. The summed E-state index contributed by atoms with van der Waals surface area (Å²) in [6, 6.07) is 1.79. The Morgan fingerprint density at radius 2 is 1.87 bits per heavy atom. The number of carbonyl (C=O) groups is 1. The van der Waals surface area contributed by atoms with E-state index < -0.39 is 28.2 Å². The Balaban J connectivity index is 1.70. The minimum absolute atomic E-state index is 0.00819. The predicted octanol–water partition coefficient (Wildman–Crippen LogP) is 4.70. The van der Waals surface area contributed by atoms with E-state index in [4.69, 9.17) is 16.7 Å². The number of hydrogen-bond donors (Lipinski definition) is 3. The maximum atomic E-state index is 14.5. The number of hydrogen-bond acceptors (Lipinski definition) is 6. The van der Waals surface area contributed by atoms with Crippen LogP contribution in [0.15, 0.2) is 24.3 Å². The summed E-state index contributed by atoms with van der Waals surface area (Å²) in [4.78, 5) is 21.5. The van der Waals surface area contributed by atoms with Crippen LogP contribution in [0.5, 0.6) is 0 Å². The van der Waals surface area contributed by atoms with E-state index in [-0.39, 0.29) is 33.8 Å². The molecule has 7 nitrogen and oxygen atoms in total. The first kappa shape index (κ1) is 21.9. The molecule has 11 heteroatoms. The van der Waals surface area contributed by atoms with E-state index in [1.54, 1.807) is 6.08 Å². The van der Waals surface area contributed by atoms with Gasteiger partial charge in [0.1, 0.15) is 17.5 Å². The lowest BCUT2D eigenvalue weighted by Crippen LogP contribution is -2.34.